The largest absolute Gasteiger partial charge is 0.496 e. The molecule has 0 N–H and O–H groups in total. The molecule has 0 unspecified atom stereocenters. The minimum Gasteiger partial charge on any atom is -0.496 e. The zero-order valence-corrected chi connectivity index (χ0v) is 10.3. The molecule has 0 aromatic heterocycles. The van der Waals surface area contributed by atoms with Gasteiger partial charge in [-0.25, -0.2) is 0 Å². The quantitative estimate of drug-likeness (QED) is 0.608. The van der Waals surface area contributed by atoms with E-state index in [1.807, 2.05) is 0 Å². The lowest BCUT2D eigenvalue weighted by Gasteiger charge is -2.08. The van der Waals surface area contributed by atoms with Crippen LogP contribution < -0.4 is 4.74 Å². The second kappa shape index (κ2) is 4.53. The third kappa shape index (κ3) is 1.95. The molecule has 2 aromatic rings. The first kappa shape index (κ1) is 10.8. The summed E-state index contributed by atoms with van der Waals surface area (Å²) in [6.07, 6.45) is 8.40. The van der Waals surface area contributed by atoms with E-state index in [4.69, 9.17) is 4.74 Å². The fraction of sp³-hybridized carbons (Fsp3) is 0.0588. The van der Waals surface area contributed by atoms with Crippen LogP contribution in [0.4, 0.5) is 0 Å². The van der Waals surface area contributed by atoms with Crippen molar-refractivity contribution in [1.82, 2.24) is 0 Å². The summed E-state index contributed by atoms with van der Waals surface area (Å²) in [6, 6.07) is 14.7. The molecule has 2 aliphatic rings. The van der Waals surface area contributed by atoms with Crippen molar-refractivity contribution in [2.45, 2.75) is 0 Å². The second-order valence-corrected chi connectivity index (χ2v) is 4.30. The van der Waals surface area contributed by atoms with Crippen LogP contribution in [0.5, 0.6) is 5.75 Å². The van der Waals surface area contributed by atoms with Gasteiger partial charge in [0.2, 0.25) is 0 Å². The number of para-hydroxylation sites is 1. The van der Waals surface area contributed by atoms with E-state index in [0.717, 1.165) is 16.9 Å². The van der Waals surface area contributed by atoms with Gasteiger partial charge in [-0.1, -0.05) is 66.8 Å². The van der Waals surface area contributed by atoms with Crippen molar-refractivity contribution in [3.05, 3.63) is 64.7 Å². The van der Waals surface area contributed by atoms with Crippen LogP contribution in [0.2, 0.25) is 0 Å². The maximum atomic E-state index is 5.52. The molecule has 0 saturated carbocycles. The third-order valence-electron chi connectivity index (χ3n) is 3.13. The summed E-state index contributed by atoms with van der Waals surface area (Å²) < 4.78 is 5.52. The highest BCUT2D eigenvalue weighted by molar-refractivity contribution is 5.80. The zero-order chi connectivity index (χ0) is 12.4. The molecule has 0 spiro atoms. The van der Waals surface area contributed by atoms with E-state index < -0.39 is 0 Å². The lowest BCUT2D eigenvalue weighted by Crippen LogP contribution is -1.90. The average Bonchev–Trinajstić information content (AvgIpc) is 2.45. The molecule has 2 aromatic carbocycles. The first-order valence-electron chi connectivity index (χ1n) is 6.00. The normalized spacial score (nSPS) is 15.8. The van der Waals surface area contributed by atoms with Crippen molar-refractivity contribution in [2.75, 3.05) is 7.11 Å². The Morgan fingerprint density at radius 3 is 1.61 bits per heavy atom. The van der Waals surface area contributed by atoms with Gasteiger partial charge in [0.15, 0.2) is 0 Å². The summed E-state index contributed by atoms with van der Waals surface area (Å²) >= 11 is 0. The van der Waals surface area contributed by atoms with Crippen LogP contribution >= 0.6 is 0 Å². The molecule has 4 bridgehead atoms. The van der Waals surface area contributed by atoms with Crippen LogP contribution in [0, 0.1) is 0 Å². The van der Waals surface area contributed by atoms with Crippen LogP contribution in [0.25, 0.3) is 24.3 Å². The molecule has 1 nitrogen and oxygen atoms in total. The Morgan fingerprint density at radius 1 is 0.667 bits per heavy atom. The number of hydrogen-bond donors (Lipinski definition) is 0. The molecular weight excluding hydrogens is 220 g/mol. The van der Waals surface area contributed by atoms with Gasteiger partial charge >= 0.3 is 0 Å². The van der Waals surface area contributed by atoms with Crippen molar-refractivity contribution >= 4 is 24.3 Å². The molecule has 18 heavy (non-hydrogen) atoms. The van der Waals surface area contributed by atoms with Gasteiger partial charge in [0.1, 0.15) is 5.75 Å². The highest BCUT2D eigenvalue weighted by Crippen LogP contribution is 2.28. The maximum absolute atomic E-state index is 5.52. The molecule has 0 aliphatic heterocycles. The van der Waals surface area contributed by atoms with E-state index in [9.17, 15) is 0 Å². The van der Waals surface area contributed by atoms with Crippen LogP contribution in [0.3, 0.4) is 0 Å². The van der Waals surface area contributed by atoms with Crippen LogP contribution in [-0.2, 0) is 0 Å². The molecule has 0 amide bonds. The summed E-state index contributed by atoms with van der Waals surface area (Å²) in [7, 11) is 1.72. The molecule has 88 valence electrons. The Hall–Kier alpha value is -2.28. The SMILES string of the molecule is COc1c2cccc1/C=C\c1ccc(cc1)/C=C\2. The number of ether oxygens (including phenoxy) is 1. The Morgan fingerprint density at radius 2 is 1.17 bits per heavy atom. The van der Waals surface area contributed by atoms with E-state index in [0.29, 0.717) is 0 Å². The van der Waals surface area contributed by atoms with Crippen molar-refractivity contribution in [1.29, 1.82) is 0 Å². The first-order valence-corrected chi connectivity index (χ1v) is 6.00. The second-order valence-electron chi connectivity index (χ2n) is 4.30. The van der Waals surface area contributed by atoms with Crippen molar-refractivity contribution in [3.8, 4) is 5.75 Å². The molecule has 4 rings (SSSR count). The predicted octanol–water partition coefficient (Wildman–Crippen LogP) is 4.35. The molecule has 0 fully saturated rings. The lowest BCUT2D eigenvalue weighted by atomic mass is 10.1. The van der Waals surface area contributed by atoms with Gasteiger partial charge in [0.05, 0.1) is 7.11 Å². The molecule has 0 radical (unpaired) electrons. The Balaban J connectivity index is 2.25. The Labute approximate surface area is 107 Å². The molecule has 0 atom stereocenters. The Kier molecular flexibility index (Phi) is 2.73. The fourth-order valence-electron chi connectivity index (χ4n) is 2.16. The van der Waals surface area contributed by atoms with Crippen LogP contribution in [-0.4, -0.2) is 7.11 Å². The van der Waals surface area contributed by atoms with Gasteiger partial charge in [0, 0.05) is 11.1 Å². The smallest absolute Gasteiger partial charge is 0.133 e. The van der Waals surface area contributed by atoms with Crippen molar-refractivity contribution in [3.63, 3.8) is 0 Å². The summed E-state index contributed by atoms with van der Waals surface area (Å²) in [6.45, 7) is 0. The van der Waals surface area contributed by atoms with Gasteiger partial charge in [-0.15, -0.1) is 0 Å². The number of hydrogen-bond acceptors (Lipinski definition) is 1. The van der Waals surface area contributed by atoms with E-state index in [1.165, 1.54) is 11.1 Å². The van der Waals surface area contributed by atoms with Gasteiger partial charge in [-0.3, -0.25) is 0 Å². The monoisotopic (exact) mass is 234 g/mol. The number of methoxy groups -OCH3 is 1. The van der Waals surface area contributed by atoms with Gasteiger partial charge in [-0.2, -0.15) is 0 Å². The van der Waals surface area contributed by atoms with Crippen molar-refractivity contribution in [2.24, 2.45) is 0 Å². The molecule has 2 aliphatic carbocycles. The van der Waals surface area contributed by atoms with Gasteiger partial charge < -0.3 is 4.74 Å². The first-order chi connectivity index (χ1) is 8.86. The highest BCUT2D eigenvalue weighted by atomic mass is 16.5. The fourth-order valence-corrected chi connectivity index (χ4v) is 2.16. The lowest BCUT2D eigenvalue weighted by molar-refractivity contribution is 0.413. The Bertz CT molecular complexity index is 567. The summed E-state index contributed by atoms with van der Waals surface area (Å²) in [4.78, 5) is 0. The maximum Gasteiger partial charge on any atom is 0.133 e. The van der Waals surface area contributed by atoms with Crippen LogP contribution in [0.15, 0.2) is 42.5 Å². The predicted molar refractivity (Wildman–Crippen MR) is 77.3 cm³/mol. The van der Waals surface area contributed by atoms with E-state index in [2.05, 4.69) is 66.8 Å². The van der Waals surface area contributed by atoms with E-state index >= 15 is 0 Å². The minimum absolute atomic E-state index is 0.924. The number of benzene rings is 2. The summed E-state index contributed by atoms with van der Waals surface area (Å²) in [5.41, 5.74) is 4.59. The molecular formula is C17H14O. The minimum atomic E-state index is 0.924. The highest BCUT2D eigenvalue weighted by Gasteiger charge is 2.05. The summed E-state index contributed by atoms with van der Waals surface area (Å²) in [5, 5.41) is 0. The number of rotatable bonds is 1. The van der Waals surface area contributed by atoms with Gasteiger partial charge in [0.25, 0.3) is 0 Å². The standard InChI is InChI=1S/C17H14O/c1-18-17-15-3-2-4-16(17)12-10-14-7-5-13(6-8-14)9-11-15/h2-12H,1H3/b11-9-,12-10-. The van der Waals surface area contributed by atoms with E-state index in [1.54, 1.807) is 7.11 Å². The zero-order valence-electron chi connectivity index (χ0n) is 10.3. The topological polar surface area (TPSA) is 9.23 Å². The summed E-state index contributed by atoms with van der Waals surface area (Å²) in [5.74, 6) is 0.924. The van der Waals surface area contributed by atoms with Crippen molar-refractivity contribution < 1.29 is 4.74 Å². The molecule has 1 heteroatoms. The number of fused-ring (bicyclic) bond motifs is 2. The molecule has 0 heterocycles. The third-order valence-corrected chi connectivity index (χ3v) is 3.13. The average molecular weight is 234 g/mol. The van der Waals surface area contributed by atoms with E-state index in [-0.39, 0.29) is 0 Å². The van der Waals surface area contributed by atoms with Crippen LogP contribution in [0.1, 0.15) is 22.3 Å². The van der Waals surface area contributed by atoms with Gasteiger partial charge in [-0.05, 0) is 11.1 Å². The molecule has 0 saturated heterocycles.